The fourth-order valence-corrected chi connectivity index (χ4v) is 3.86. The SMILES string of the molecule is COB(I)SCC(C)COC1NN(c2cc(F)cnc2OC)C(C)=C1[N+](=O)[O-]. The van der Waals surface area contributed by atoms with Crippen LogP contribution in [0.4, 0.5) is 10.1 Å². The molecule has 0 radical (unpaired) electrons. The van der Waals surface area contributed by atoms with Crippen LogP contribution in [0.25, 0.3) is 0 Å². The number of methoxy groups -OCH3 is 1. The van der Waals surface area contributed by atoms with Crippen LogP contribution in [0.1, 0.15) is 13.8 Å². The second-order valence-corrected chi connectivity index (χ2v) is 9.11. The van der Waals surface area contributed by atoms with Gasteiger partial charge in [-0.3, -0.25) is 15.1 Å². The highest BCUT2D eigenvalue weighted by atomic mass is 127. The van der Waals surface area contributed by atoms with Crippen LogP contribution in [-0.2, 0) is 9.39 Å². The van der Waals surface area contributed by atoms with Gasteiger partial charge in [0.1, 0.15) is 17.2 Å². The Kier molecular flexibility index (Phi) is 8.73. The first-order valence-corrected chi connectivity index (χ1v) is 10.6. The summed E-state index contributed by atoms with van der Waals surface area (Å²) in [5.41, 5.74) is 3.25. The lowest BCUT2D eigenvalue weighted by molar-refractivity contribution is -0.437. The minimum atomic E-state index is -0.978. The van der Waals surface area contributed by atoms with Crippen LogP contribution in [0.5, 0.6) is 5.88 Å². The molecule has 0 spiro atoms. The van der Waals surface area contributed by atoms with E-state index in [1.807, 2.05) is 6.92 Å². The van der Waals surface area contributed by atoms with Crippen molar-refractivity contribution in [2.75, 3.05) is 31.6 Å². The molecule has 0 saturated carbocycles. The number of hydrogen-bond acceptors (Lipinski definition) is 9. The number of nitrogens with zero attached hydrogens (tertiary/aromatic N) is 3. The Morgan fingerprint density at radius 1 is 1.57 bits per heavy atom. The van der Waals surface area contributed by atoms with Crippen molar-refractivity contribution in [3.05, 3.63) is 39.6 Å². The molecule has 13 heteroatoms. The lowest BCUT2D eigenvalue weighted by Gasteiger charge is -2.23. The monoisotopic (exact) mass is 526 g/mol. The summed E-state index contributed by atoms with van der Waals surface area (Å²) >= 11 is 3.79. The van der Waals surface area contributed by atoms with Gasteiger partial charge < -0.3 is 14.1 Å². The Bertz CT molecular complexity index is 746. The van der Waals surface area contributed by atoms with E-state index in [4.69, 9.17) is 14.1 Å². The molecule has 1 aliphatic rings. The summed E-state index contributed by atoms with van der Waals surface area (Å²) in [7, 11) is 3.02. The maximum atomic E-state index is 13.7. The Balaban J connectivity index is 2.13. The van der Waals surface area contributed by atoms with Crippen LogP contribution < -0.4 is 15.2 Å². The minimum Gasteiger partial charge on any atom is -0.479 e. The molecular weight excluding hydrogens is 505 g/mol. The molecule has 1 aromatic rings. The molecule has 9 nitrogen and oxygen atoms in total. The molecule has 0 amide bonds. The largest absolute Gasteiger partial charge is 0.479 e. The Labute approximate surface area is 180 Å². The number of nitrogens with one attached hydrogen (secondary N) is 1. The molecule has 2 atom stereocenters. The third-order valence-electron chi connectivity index (χ3n) is 3.88. The van der Waals surface area contributed by atoms with Crippen LogP contribution in [0.2, 0.25) is 0 Å². The fraction of sp³-hybridized carbons (Fsp3) is 0.533. The van der Waals surface area contributed by atoms with Gasteiger partial charge in [-0.05, 0) is 18.6 Å². The summed E-state index contributed by atoms with van der Waals surface area (Å²) in [5, 5.41) is 12.9. The lowest BCUT2D eigenvalue weighted by atomic mass is 10.2. The van der Waals surface area contributed by atoms with Crippen molar-refractivity contribution in [2.45, 2.75) is 20.1 Å². The van der Waals surface area contributed by atoms with E-state index >= 15 is 0 Å². The number of allylic oxidation sites excluding steroid dienone is 1. The fourth-order valence-electron chi connectivity index (χ4n) is 2.52. The smallest absolute Gasteiger partial charge is 0.434 e. The molecule has 1 aromatic heterocycles. The van der Waals surface area contributed by atoms with E-state index in [9.17, 15) is 14.5 Å². The third-order valence-corrected chi connectivity index (χ3v) is 6.68. The Hall–Kier alpha value is -1.16. The van der Waals surface area contributed by atoms with Crippen molar-refractivity contribution >= 4 is 43.7 Å². The number of aromatic nitrogens is 1. The first-order valence-electron chi connectivity index (χ1n) is 8.29. The van der Waals surface area contributed by atoms with Crippen molar-refractivity contribution < 1.29 is 23.4 Å². The minimum absolute atomic E-state index is 0.0320. The van der Waals surface area contributed by atoms with E-state index in [1.165, 1.54) is 18.2 Å². The maximum Gasteiger partial charge on any atom is 0.434 e. The summed E-state index contributed by atoms with van der Waals surface area (Å²) in [4.78, 5) is 14.9. The summed E-state index contributed by atoms with van der Waals surface area (Å²) < 4.78 is 29.8. The summed E-state index contributed by atoms with van der Waals surface area (Å²) in [5.74, 6) is 0.464. The highest BCUT2D eigenvalue weighted by Gasteiger charge is 2.40. The van der Waals surface area contributed by atoms with E-state index in [2.05, 4.69) is 32.8 Å². The second-order valence-electron chi connectivity index (χ2n) is 6.04. The Morgan fingerprint density at radius 2 is 2.29 bits per heavy atom. The van der Waals surface area contributed by atoms with Crippen LogP contribution in [-0.4, -0.2) is 46.8 Å². The molecule has 154 valence electrons. The highest BCUT2D eigenvalue weighted by molar-refractivity contribution is 14.1. The van der Waals surface area contributed by atoms with E-state index in [0.717, 1.165) is 11.9 Å². The van der Waals surface area contributed by atoms with Gasteiger partial charge in [-0.25, -0.2) is 9.37 Å². The van der Waals surface area contributed by atoms with Crippen molar-refractivity contribution in [1.29, 1.82) is 0 Å². The number of pyridine rings is 1. The van der Waals surface area contributed by atoms with Crippen LogP contribution in [0.15, 0.2) is 23.7 Å². The van der Waals surface area contributed by atoms with Gasteiger partial charge in [0.25, 0.3) is 0 Å². The van der Waals surface area contributed by atoms with Gasteiger partial charge in [-0.15, -0.1) is 0 Å². The van der Waals surface area contributed by atoms with E-state index in [1.54, 1.807) is 25.6 Å². The quantitative estimate of drug-likeness (QED) is 0.214. The van der Waals surface area contributed by atoms with Gasteiger partial charge in [-0.2, -0.15) is 17.0 Å². The van der Waals surface area contributed by atoms with Crippen LogP contribution >= 0.6 is 34.0 Å². The van der Waals surface area contributed by atoms with Crippen LogP contribution in [0, 0.1) is 21.8 Å². The molecule has 2 heterocycles. The van der Waals surface area contributed by atoms with Gasteiger partial charge in [0.05, 0.1) is 24.8 Å². The van der Waals surface area contributed by atoms with Gasteiger partial charge in [0, 0.05) is 13.2 Å². The zero-order chi connectivity index (χ0) is 20.8. The molecule has 2 rings (SSSR count). The first-order chi connectivity index (χ1) is 13.3. The lowest BCUT2D eigenvalue weighted by Crippen LogP contribution is -2.40. The van der Waals surface area contributed by atoms with E-state index < -0.39 is 17.0 Å². The molecule has 2 unspecified atom stereocenters. The number of hydrogen-bond donors (Lipinski definition) is 1. The van der Waals surface area contributed by atoms with Gasteiger partial charge >= 0.3 is 9.75 Å². The molecule has 0 aromatic carbocycles. The first kappa shape index (κ1) is 23.1. The predicted octanol–water partition coefficient (Wildman–Crippen LogP) is 2.84. The molecule has 1 N–H and O–H groups in total. The molecule has 0 bridgehead atoms. The molecular formula is C15H21BFIN4O5S. The van der Waals surface area contributed by atoms with Crippen LogP contribution in [0.3, 0.4) is 0 Å². The normalized spacial score (nSPS) is 17.8. The van der Waals surface area contributed by atoms with Crippen molar-refractivity contribution in [1.82, 2.24) is 10.4 Å². The molecule has 28 heavy (non-hydrogen) atoms. The molecule has 0 saturated heterocycles. The summed E-state index contributed by atoms with van der Waals surface area (Å²) in [6, 6.07) is 1.19. The molecule has 1 aliphatic heterocycles. The number of halogens is 2. The van der Waals surface area contributed by atoms with E-state index in [-0.39, 0.29) is 32.9 Å². The van der Waals surface area contributed by atoms with Gasteiger partial charge in [0.2, 0.25) is 12.1 Å². The third kappa shape index (κ3) is 5.69. The van der Waals surface area contributed by atoms with Gasteiger partial charge in [-0.1, -0.05) is 29.3 Å². The number of nitro groups is 1. The number of hydrazine groups is 1. The molecule has 0 aliphatic carbocycles. The van der Waals surface area contributed by atoms with Crippen molar-refractivity contribution in [3.8, 4) is 5.88 Å². The maximum absolute atomic E-state index is 13.7. The van der Waals surface area contributed by atoms with Gasteiger partial charge in [0.15, 0.2) is 0 Å². The number of anilines is 1. The summed E-state index contributed by atoms with van der Waals surface area (Å²) in [6.45, 7) is 3.84. The molecule has 0 fully saturated rings. The number of ether oxygens (including phenoxy) is 2. The second kappa shape index (κ2) is 10.6. The van der Waals surface area contributed by atoms with Crippen molar-refractivity contribution in [3.63, 3.8) is 0 Å². The highest BCUT2D eigenvalue weighted by Crippen LogP contribution is 2.33. The Morgan fingerprint density at radius 3 is 2.89 bits per heavy atom. The zero-order valence-electron chi connectivity index (χ0n) is 15.8. The average molecular weight is 526 g/mol. The topological polar surface area (TPSA) is 99.0 Å². The summed E-state index contributed by atoms with van der Waals surface area (Å²) in [6.07, 6.45) is 0.0350. The zero-order valence-corrected chi connectivity index (χ0v) is 18.8. The predicted molar refractivity (Wildman–Crippen MR) is 114 cm³/mol. The standard InChI is InChI=1S/C15H21BFIN4O5S/c1-9(8-28-16(18)26-4)7-27-15-13(22(23)24)10(2)21(20-15)12-5-11(17)6-19-14(12)25-3/h5-6,9,15,20H,7-8H2,1-4H3. The van der Waals surface area contributed by atoms with Crippen molar-refractivity contribution in [2.24, 2.45) is 5.92 Å². The number of rotatable bonds is 10. The van der Waals surface area contributed by atoms with E-state index in [0.29, 0.717) is 6.61 Å². The average Bonchev–Trinajstić information content (AvgIpc) is 3.00.